The standard InChI is InChI=1S/C27H36O2/c1-2-3-4-5-6-7-12-26(21-10-8-9-11-21)27(22-13-17-24(28)18-14-22)23-15-19-25(29)20-16-23/h13-21,28-29H,2-12H2,1H3. The highest BCUT2D eigenvalue weighted by molar-refractivity contribution is 5.82. The molecule has 1 aliphatic rings. The lowest BCUT2D eigenvalue weighted by Crippen LogP contribution is -2.05. The van der Waals surface area contributed by atoms with Gasteiger partial charge in [0.25, 0.3) is 0 Å². The van der Waals surface area contributed by atoms with Crippen LogP contribution in [0.1, 0.15) is 88.7 Å². The van der Waals surface area contributed by atoms with Gasteiger partial charge < -0.3 is 10.2 Å². The summed E-state index contributed by atoms with van der Waals surface area (Å²) >= 11 is 0. The van der Waals surface area contributed by atoms with Gasteiger partial charge in [0.05, 0.1) is 0 Å². The van der Waals surface area contributed by atoms with Gasteiger partial charge in [-0.3, -0.25) is 0 Å². The Kier molecular flexibility index (Phi) is 8.22. The molecule has 0 radical (unpaired) electrons. The largest absolute Gasteiger partial charge is 0.508 e. The first kappa shape index (κ1) is 21.5. The molecule has 29 heavy (non-hydrogen) atoms. The molecule has 0 aromatic heterocycles. The van der Waals surface area contributed by atoms with E-state index in [-0.39, 0.29) is 0 Å². The van der Waals surface area contributed by atoms with Crippen molar-refractivity contribution in [1.29, 1.82) is 0 Å². The highest BCUT2D eigenvalue weighted by Gasteiger charge is 2.23. The van der Waals surface area contributed by atoms with Crippen molar-refractivity contribution in [2.24, 2.45) is 5.92 Å². The average molecular weight is 393 g/mol. The van der Waals surface area contributed by atoms with Crippen LogP contribution in [0.25, 0.3) is 5.57 Å². The summed E-state index contributed by atoms with van der Waals surface area (Å²) in [5.41, 5.74) is 5.22. The number of phenols is 2. The van der Waals surface area contributed by atoms with Crippen LogP contribution in [0.5, 0.6) is 11.5 Å². The van der Waals surface area contributed by atoms with E-state index in [9.17, 15) is 10.2 Å². The summed E-state index contributed by atoms with van der Waals surface area (Å²) in [6, 6.07) is 15.3. The van der Waals surface area contributed by atoms with Crippen molar-refractivity contribution >= 4 is 5.57 Å². The maximum Gasteiger partial charge on any atom is 0.115 e. The lowest BCUT2D eigenvalue weighted by molar-refractivity contribution is 0.475. The molecule has 0 saturated heterocycles. The van der Waals surface area contributed by atoms with Crippen LogP contribution in [0.15, 0.2) is 54.1 Å². The SMILES string of the molecule is CCCCCCCCC(=C(c1ccc(O)cc1)c1ccc(O)cc1)C1CCCC1. The van der Waals surface area contributed by atoms with Crippen molar-refractivity contribution < 1.29 is 10.2 Å². The highest BCUT2D eigenvalue weighted by atomic mass is 16.3. The first-order chi connectivity index (χ1) is 14.2. The zero-order valence-corrected chi connectivity index (χ0v) is 17.9. The summed E-state index contributed by atoms with van der Waals surface area (Å²) in [5, 5.41) is 19.6. The Morgan fingerprint density at radius 2 is 1.21 bits per heavy atom. The van der Waals surface area contributed by atoms with Crippen molar-refractivity contribution in [2.75, 3.05) is 0 Å². The first-order valence-corrected chi connectivity index (χ1v) is 11.5. The van der Waals surface area contributed by atoms with E-state index in [4.69, 9.17) is 0 Å². The van der Waals surface area contributed by atoms with Gasteiger partial charge in [0, 0.05) is 0 Å². The molecule has 0 aliphatic heterocycles. The van der Waals surface area contributed by atoms with Crippen LogP contribution in [0.4, 0.5) is 0 Å². The second-order valence-corrected chi connectivity index (χ2v) is 8.49. The highest BCUT2D eigenvalue weighted by Crippen LogP contribution is 2.41. The summed E-state index contributed by atoms with van der Waals surface area (Å²) in [4.78, 5) is 0. The van der Waals surface area contributed by atoms with Gasteiger partial charge in [0.1, 0.15) is 11.5 Å². The van der Waals surface area contributed by atoms with Crippen molar-refractivity contribution in [3.8, 4) is 11.5 Å². The molecule has 2 heteroatoms. The molecule has 156 valence electrons. The van der Waals surface area contributed by atoms with E-state index < -0.39 is 0 Å². The van der Waals surface area contributed by atoms with Crippen molar-refractivity contribution in [3.63, 3.8) is 0 Å². The van der Waals surface area contributed by atoms with Crippen LogP contribution in [0.3, 0.4) is 0 Å². The maximum atomic E-state index is 9.79. The Balaban J connectivity index is 1.94. The van der Waals surface area contributed by atoms with Crippen LogP contribution >= 0.6 is 0 Å². The van der Waals surface area contributed by atoms with Crippen LogP contribution in [0.2, 0.25) is 0 Å². The predicted octanol–water partition coefficient (Wildman–Crippen LogP) is 7.84. The molecule has 1 saturated carbocycles. The minimum Gasteiger partial charge on any atom is -0.508 e. The number of allylic oxidation sites excluding steroid dienone is 1. The van der Waals surface area contributed by atoms with Crippen molar-refractivity contribution in [1.82, 2.24) is 0 Å². The van der Waals surface area contributed by atoms with E-state index in [1.54, 1.807) is 29.8 Å². The topological polar surface area (TPSA) is 40.5 Å². The number of hydrogen-bond acceptors (Lipinski definition) is 2. The number of unbranched alkanes of at least 4 members (excludes halogenated alkanes) is 5. The lowest BCUT2D eigenvalue weighted by atomic mass is 9.83. The molecule has 0 unspecified atom stereocenters. The normalized spacial score (nSPS) is 14.2. The minimum absolute atomic E-state index is 0.303. The monoisotopic (exact) mass is 392 g/mol. The third-order valence-electron chi connectivity index (χ3n) is 6.28. The molecule has 3 rings (SSSR count). The Morgan fingerprint density at radius 1 is 0.724 bits per heavy atom. The second kappa shape index (κ2) is 11.1. The predicted molar refractivity (Wildman–Crippen MR) is 122 cm³/mol. The molecule has 2 aromatic carbocycles. The fourth-order valence-electron chi connectivity index (χ4n) is 4.70. The molecular formula is C27H36O2. The molecule has 2 N–H and O–H groups in total. The van der Waals surface area contributed by atoms with Gasteiger partial charge in [-0.25, -0.2) is 0 Å². The number of rotatable bonds is 10. The van der Waals surface area contributed by atoms with Gasteiger partial charge in [0.2, 0.25) is 0 Å². The number of benzene rings is 2. The molecule has 0 amide bonds. The zero-order valence-electron chi connectivity index (χ0n) is 17.9. The van der Waals surface area contributed by atoms with E-state index in [1.165, 1.54) is 80.9 Å². The van der Waals surface area contributed by atoms with Gasteiger partial charge in [-0.2, -0.15) is 0 Å². The van der Waals surface area contributed by atoms with E-state index in [1.807, 2.05) is 24.3 Å². The van der Waals surface area contributed by atoms with Crippen LogP contribution in [-0.2, 0) is 0 Å². The molecule has 0 spiro atoms. The minimum atomic E-state index is 0.303. The van der Waals surface area contributed by atoms with Crippen LogP contribution in [0, 0.1) is 5.92 Å². The van der Waals surface area contributed by atoms with Crippen LogP contribution in [-0.4, -0.2) is 10.2 Å². The third-order valence-corrected chi connectivity index (χ3v) is 6.28. The molecule has 0 heterocycles. The maximum absolute atomic E-state index is 9.79. The lowest BCUT2D eigenvalue weighted by Gasteiger charge is -2.22. The Bertz CT molecular complexity index is 718. The molecule has 2 aromatic rings. The van der Waals surface area contributed by atoms with E-state index in [0.29, 0.717) is 17.4 Å². The van der Waals surface area contributed by atoms with Crippen LogP contribution < -0.4 is 0 Å². The van der Waals surface area contributed by atoms with Gasteiger partial charge >= 0.3 is 0 Å². The van der Waals surface area contributed by atoms with E-state index in [2.05, 4.69) is 6.92 Å². The Morgan fingerprint density at radius 3 is 1.72 bits per heavy atom. The molecule has 1 fully saturated rings. The Hall–Kier alpha value is -2.22. The third kappa shape index (κ3) is 6.13. The molecule has 0 bridgehead atoms. The summed E-state index contributed by atoms with van der Waals surface area (Å²) < 4.78 is 0. The second-order valence-electron chi connectivity index (χ2n) is 8.49. The summed E-state index contributed by atoms with van der Waals surface area (Å²) in [5.74, 6) is 1.26. The Labute approximate surface area is 176 Å². The quantitative estimate of drug-likeness (QED) is 0.404. The first-order valence-electron chi connectivity index (χ1n) is 11.5. The fraction of sp³-hybridized carbons (Fsp3) is 0.481. The van der Waals surface area contributed by atoms with Gasteiger partial charge in [-0.05, 0) is 72.6 Å². The molecule has 1 aliphatic carbocycles. The summed E-state index contributed by atoms with van der Waals surface area (Å²) in [6.07, 6.45) is 14.2. The van der Waals surface area contributed by atoms with E-state index >= 15 is 0 Å². The number of aromatic hydroxyl groups is 2. The number of hydrogen-bond donors (Lipinski definition) is 2. The van der Waals surface area contributed by atoms with Gasteiger partial charge in [0.15, 0.2) is 0 Å². The smallest absolute Gasteiger partial charge is 0.115 e. The van der Waals surface area contributed by atoms with Gasteiger partial charge in [-0.1, -0.05) is 81.7 Å². The van der Waals surface area contributed by atoms with E-state index in [0.717, 1.165) is 6.42 Å². The summed E-state index contributed by atoms with van der Waals surface area (Å²) in [7, 11) is 0. The fourth-order valence-corrected chi connectivity index (χ4v) is 4.70. The number of phenolic OH excluding ortho intramolecular Hbond substituents is 2. The van der Waals surface area contributed by atoms with Crippen molar-refractivity contribution in [2.45, 2.75) is 77.6 Å². The average Bonchev–Trinajstić information content (AvgIpc) is 3.26. The summed E-state index contributed by atoms with van der Waals surface area (Å²) in [6.45, 7) is 2.27. The van der Waals surface area contributed by atoms with Gasteiger partial charge in [-0.15, -0.1) is 0 Å². The molecular weight excluding hydrogens is 356 g/mol. The zero-order chi connectivity index (χ0) is 20.5. The van der Waals surface area contributed by atoms with Crippen molar-refractivity contribution in [3.05, 3.63) is 65.2 Å². The molecule has 0 atom stereocenters. The molecule has 2 nitrogen and oxygen atoms in total.